The maximum absolute atomic E-state index is 12.3. The molecule has 0 spiro atoms. The number of carbonyl (C=O) groups excluding carboxylic acids is 2. The molecule has 2 amide bonds. The van der Waals surface area contributed by atoms with Crippen molar-refractivity contribution in [1.82, 2.24) is 5.32 Å². The minimum Gasteiger partial charge on any atom is -0.350 e. The number of para-hydroxylation sites is 1. The predicted octanol–water partition coefficient (Wildman–Crippen LogP) is 3.28. The van der Waals surface area contributed by atoms with Gasteiger partial charge in [-0.15, -0.1) is 0 Å². The fourth-order valence-corrected chi connectivity index (χ4v) is 2.80. The maximum atomic E-state index is 12.3. The number of nitrogens with one attached hydrogen (secondary N) is 1. The minimum absolute atomic E-state index is 0.0207. The van der Waals surface area contributed by atoms with Gasteiger partial charge in [0.25, 0.3) is 0 Å². The van der Waals surface area contributed by atoms with Crippen molar-refractivity contribution in [3.05, 3.63) is 64.7 Å². The van der Waals surface area contributed by atoms with Gasteiger partial charge in [-0.25, -0.2) is 0 Å². The van der Waals surface area contributed by atoms with Crippen LogP contribution in [0.3, 0.4) is 0 Å². The summed E-state index contributed by atoms with van der Waals surface area (Å²) in [6.07, 6.45) is 0. The molecule has 0 aliphatic carbocycles. The molecular formula is C20H24N2O2. The summed E-state index contributed by atoms with van der Waals surface area (Å²) in [6, 6.07) is 13.8. The Kier molecular flexibility index (Phi) is 5.74. The summed E-state index contributed by atoms with van der Waals surface area (Å²) in [4.78, 5) is 25.9. The van der Waals surface area contributed by atoms with Crippen molar-refractivity contribution < 1.29 is 9.59 Å². The molecule has 0 saturated carbocycles. The van der Waals surface area contributed by atoms with E-state index in [-0.39, 0.29) is 18.4 Å². The molecule has 0 unspecified atom stereocenters. The molecule has 24 heavy (non-hydrogen) atoms. The highest BCUT2D eigenvalue weighted by Crippen LogP contribution is 2.24. The second-order valence-electron chi connectivity index (χ2n) is 6.11. The highest BCUT2D eigenvalue weighted by atomic mass is 16.2. The number of carbonyl (C=O) groups is 2. The van der Waals surface area contributed by atoms with Gasteiger partial charge in [0.1, 0.15) is 6.54 Å². The Morgan fingerprint density at radius 3 is 2.21 bits per heavy atom. The second kappa shape index (κ2) is 7.77. The molecule has 0 radical (unpaired) electrons. The van der Waals surface area contributed by atoms with Gasteiger partial charge in [-0.1, -0.05) is 48.0 Å². The van der Waals surface area contributed by atoms with Gasteiger partial charge in [-0.2, -0.15) is 0 Å². The first kappa shape index (κ1) is 17.7. The van der Waals surface area contributed by atoms with Gasteiger partial charge >= 0.3 is 0 Å². The monoisotopic (exact) mass is 324 g/mol. The van der Waals surface area contributed by atoms with E-state index in [4.69, 9.17) is 0 Å². The molecule has 126 valence electrons. The topological polar surface area (TPSA) is 49.4 Å². The Balaban J connectivity index is 2.08. The average molecular weight is 324 g/mol. The van der Waals surface area contributed by atoms with Crippen LogP contribution in [-0.2, 0) is 16.1 Å². The molecule has 0 fully saturated rings. The molecule has 0 aliphatic rings. The number of anilines is 1. The quantitative estimate of drug-likeness (QED) is 0.917. The van der Waals surface area contributed by atoms with E-state index in [0.29, 0.717) is 6.54 Å². The Bertz CT molecular complexity index is 733. The third kappa shape index (κ3) is 4.44. The van der Waals surface area contributed by atoms with Crippen molar-refractivity contribution in [1.29, 1.82) is 0 Å². The summed E-state index contributed by atoms with van der Waals surface area (Å²) in [7, 11) is 0. The molecule has 0 bridgehead atoms. The molecule has 0 atom stereocenters. The predicted molar refractivity (Wildman–Crippen MR) is 97.0 cm³/mol. The third-order valence-corrected chi connectivity index (χ3v) is 3.96. The first-order valence-corrected chi connectivity index (χ1v) is 8.05. The summed E-state index contributed by atoms with van der Waals surface area (Å²) < 4.78 is 0. The molecule has 4 heteroatoms. The largest absolute Gasteiger partial charge is 0.350 e. The van der Waals surface area contributed by atoms with Crippen LogP contribution >= 0.6 is 0 Å². The highest BCUT2D eigenvalue weighted by Gasteiger charge is 2.19. The minimum atomic E-state index is -0.172. The van der Waals surface area contributed by atoms with E-state index in [0.717, 1.165) is 27.9 Å². The fourth-order valence-electron chi connectivity index (χ4n) is 2.80. The van der Waals surface area contributed by atoms with Gasteiger partial charge in [0.2, 0.25) is 11.8 Å². The summed E-state index contributed by atoms with van der Waals surface area (Å²) >= 11 is 0. The van der Waals surface area contributed by atoms with Gasteiger partial charge in [-0.3, -0.25) is 9.59 Å². The van der Waals surface area contributed by atoms with Crippen LogP contribution in [0.5, 0.6) is 0 Å². The number of hydrogen-bond acceptors (Lipinski definition) is 2. The van der Waals surface area contributed by atoms with E-state index in [9.17, 15) is 9.59 Å². The van der Waals surface area contributed by atoms with Gasteiger partial charge in [0.05, 0.1) is 5.69 Å². The maximum Gasteiger partial charge on any atom is 0.240 e. The lowest BCUT2D eigenvalue weighted by Gasteiger charge is -2.24. The van der Waals surface area contributed by atoms with Gasteiger partial charge in [0, 0.05) is 13.5 Å². The third-order valence-electron chi connectivity index (χ3n) is 3.96. The van der Waals surface area contributed by atoms with Crippen molar-refractivity contribution >= 4 is 17.5 Å². The molecule has 2 aromatic rings. The van der Waals surface area contributed by atoms with Gasteiger partial charge in [0.15, 0.2) is 0 Å². The van der Waals surface area contributed by atoms with Gasteiger partial charge < -0.3 is 10.2 Å². The number of benzene rings is 2. The van der Waals surface area contributed by atoms with Crippen LogP contribution in [-0.4, -0.2) is 18.4 Å². The number of hydrogen-bond donors (Lipinski definition) is 1. The zero-order valence-electron chi connectivity index (χ0n) is 14.7. The molecule has 2 rings (SSSR count). The van der Waals surface area contributed by atoms with Crippen LogP contribution in [0.2, 0.25) is 0 Å². The molecule has 0 heterocycles. The Labute approximate surface area is 143 Å². The zero-order valence-corrected chi connectivity index (χ0v) is 14.7. The SMILES string of the molecule is CC(=O)N(CC(=O)NCc1cccc(C)c1)c1c(C)cccc1C. The molecule has 4 nitrogen and oxygen atoms in total. The van der Waals surface area contributed by atoms with Crippen LogP contribution in [0.4, 0.5) is 5.69 Å². The van der Waals surface area contributed by atoms with Crippen molar-refractivity contribution in [3.63, 3.8) is 0 Å². The van der Waals surface area contributed by atoms with Crippen LogP contribution in [0.15, 0.2) is 42.5 Å². The van der Waals surface area contributed by atoms with Crippen molar-refractivity contribution in [3.8, 4) is 0 Å². The Morgan fingerprint density at radius 1 is 1.00 bits per heavy atom. The lowest BCUT2D eigenvalue weighted by molar-refractivity contribution is -0.123. The number of amides is 2. The first-order valence-electron chi connectivity index (χ1n) is 8.05. The molecule has 2 aromatic carbocycles. The second-order valence-corrected chi connectivity index (χ2v) is 6.11. The number of aryl methyl sites for hydroxylation is 3. The molecule has 1 N–H and O–H groups in total. The Hall–Kier alpha value is -2.62. The smallest absolute Gasteiger partial charge is 0.240 e. The summed E-state index contributed by atoms with van der Waals surface area (Å²) in [5.74, 6) is -0.313. The van der Waals surface area contributed by atoms with Crippen LogP contribution in [0.25, 0.3) is 0 Å². The molecule has 0 saturated heterocycles. The van der Waals surface area contributed by atoms with E-state index < -0.39 is 0 Å². The summed E-state index contributed by atoms with van der Waals surface area (Å²) in [5.41, 5.74) is 4.98. The van der Waals surface area contributed by atoms with Crippen LogP contribution < -0.4 is 10.2 Å². The van der Waals surface area contributed by atoms with E-state index >= 15 is 0 Å². The molecule has 0 aromatic heterocycles. The summed E-state index contributed by atoms with van der Waals surface area (Å²) in [6.45, 7) is 7.88. The normalized spacial score (nSPS) is 10.3. The van der Waals surface area contributed by atoms with Crippen molar-refractivity contribution in [2.75, 3.05) is 11.4 Å². The van der Waals surface area contributed by atoms with E-state index in [1.165, 1.54) is 11.8 Å². The number of nitrogens with zero attached hydrogens (tertiary/aromatic N) is 1. The fraction of sp³-hybridized carbons (Fsp3) is 0.300. The van der Waals surface area contributed by atoms with Gasteiger partial charge in [-0.05, 0) is 37.5 Å². The molecular weight excluding hydrogens is 300 g/mol. The van der Waals surface area contributed by atoms with Crippen LogP contribution in [0, 0.1) is 20.8 Å². The number of rotatable bonds is 5. The average Bonchev–Trinajstić information content (AvgIpc) is 2.51. The standard InChI is InChI=1S/C20H24N2O2/c1-14-7-5-10-18(11-14)12-21-19(24)13-22(17(4)23)20-15(2)8-6-9-16(20)3/h5-11H,12-13H2,1-4H3,(H,21,24). The van der Waals surface area contributed by atoms with Crippen molar-refractivity contribution in [2.24, 2.45) is 0 Å². The van der Waals surface area contributed by atoms with Crippen molar-refractivity contribution in [2.45, 2.75) is 34.2 Å². The lowest BCUT2D eigenvalue weighted by atomic mass is 10.1. The van der Waals surface area contributed by atoms with E-state index in [2.05, 4.69) is 5.32 Å². The highest BCUT2D eigenvalue weighted by molar-refractivity contribution is 5.98. The lowest BCUT2D eigenvalue weighted by Crippen LogP contribution is -2.40. The first-order chi connectivity index (χ1) is 11.4. The van der Waals surface area contributed by atoms with E-state index in [1.54, 1.807) is 0 Å². The Morgan fingerprint density at radius 2 is 1.62 bits per heavy atom. The summed E-state index contributed by atoms with van der Waals surface area (Å²) in [5, 5.41) is 2.89. The van der Waals surface area contributed by atoms with E-state index in [1.807, 2.05) is 63.2 Å². The molecule has 0 aliphatic heterocycles. The van der Waals surface area contributed by atoms with Crippen LogP contribution in [0.1, 0.15) is 29.2 Å². The zero-order chi connectivity index (χ0) is 17.7.